The average molecular weight is 562 g/mol. The van der Waals surface area contributed by atoms with Gasteiger partial charge in [0.2, 0.25) is 17.7 Å². The molecular weight excluding hydrogens is 514 g/mol. The zero-order valence-corrected chi connectivity index (χ0v) is 25.2. The van der Waals surface area contributed by atoms with Crippen molar-refractivity contribution in [3.05, 3.63) is 41.5 Å². The number of benzene rings is 1. The maximum absolute atomic E-state index is 14.5. The second kappa shape index (κ2) is 11.2. The number of anilines is 1. The van der Waals surface area contributed by atoms with Crippen LogP contribution in [0.15, 0.2) is 30.4 Å². The first-order valence-corrected chi connectivity index (χ1v) is 16.1. The Labute approximate surface area is 244 Å². The zero-order chi connectivity index (χ0) is 28.9. The van der Waals surface area contributed by atoms with E-state index in [2.05, 4.69) is 24.5 Å². The topological polar surface area (TPSA) is 87.7 Å². The van der Waals surface area contributed by atoms with Crippen LogP contribution in [0, 0.1) is 37.5 Å². The largest absolute Gasteiger partial charge is 0.359 e. The molecule has 6 rings (SSSR count). The molecule has 1 aromatic rings. The lowest BCUT2D eigenvalue weighted by Crippen LogP contribution is -2.59. The third-order valence-electron chi connectivity index (χ3n) is 11.1. The Morgan fingerprint density at radius 3 is 2.39 bits per heavy atom. The molecule has 7 nitrogen and oxygen atoms in total. The van der Waals surface area contributed by atoms with Crippen LogP contribution in [0.25, 0.3) is 0 Å². The predicted octanol–water partition coefficient (Wildman–Crippen LogP) is 5.45. The lowest BCUT2D eigenvalue weighted by Gasteiger charge is -2.40. The fourth-order valence-corrected chi connectivity index (χ4v) is 8.40. The van der Waals surface area contributed by atoms with E-state index in [0.29, 0.717) is 11.8 Å². The number of amides is 3. The summed E-state index contributed by atoms with van der Waals surface area (Å²) in [6, 6.07) is 5.18. The minimum atomic E-state index is -1.11. The van der Waals surface area contributed by atoms with Gasteiger partial charge in [-0.25, -0.2) is 0 Å². The van der Waals surface area contributed by atoms with Crippen molar-refractivity contribution in [1.29, 1.82) is 0 Å². The van der Waals surface area contributed by atoms with E-state index in [1.807, 2.05) is 49.1 Å². The van der Waals surface area contributed by atoms with Gasteiger partial charge in [0.1, 0.15) is 11.6 Å². The van der Waals surface area contributed by atoms with Gasteiger partial charge >= 0.3 is 0 Å². The molecule has 2 aliphatic carbocycles. The molecule has 3 heterocycles. The highest BCUT2D eigenvalue weighted by Gasteiger charge is 2.73. The summed E-state index contributed by atoms with van der Waals surface area (Å²) in [5, 5.41) is 6.47. The van der Waals surface area contributed by atoms with E-state index in [1.54, 1.807) is 0 Å². The Hall–Kier alpha value is -2.67. The number of likely N-dealkylation sites (tertiary alicyclic amines) is 1. The monoisotopic (exact) mass is 561 g/mol. The Morgan fingerprint density at radius 1 is 0.927 bits per heavy atom. The van der Waals surface area contributed by atoms with E-state index in [-0.39, 0.29) is 29.8 Å². The summed E-state index contributed by atoms with van der Waals surface area (Å²) in [6.45, 7) is 8.56. The maximum Gasteiger partial charge on any atom is 0.246 e. The van der Waals surface area contributed by atoms with E-state index >= 15 is 0 Å². The molecule has 4 fully saturated rings. The summed E-state index contributed by atoms with van der Waals surface area (Å²) in [4.78, 5) is 44.6. The second-order valence-corrected chi connectivity index (χ2v) is 13.6. The summed E-state index contributed by atoms with van der Waals surface area (Å²) in [6.07, 6.45) is 14.0. The van der Waals surface area contributed by atoms with E-state index in [4.69, 9.17) is 4.74 Å². The third-order valence-corrected chi connectivity index (χ3v) is 11.1. The Morgan fingerprint density at radius 2 is 1.66 bits per heavy atom. The van der Waals surface area contributed by atoms with Gasteiger partial charge in [-0.05, 0) is 68.2 Å². The lowest BCUT2D eigenvalue weighted by atomic mass is 9.73. The maximum atomic E-state index is 14.5. The van der Waals surface area contributed by atoms with Crippen molar-refractivity contribution in [2.24, 2.45) is 23.7 Å². The van der Waals surface area contributed by atoms with Crippen LogP contribution in [0.3, 0.4) is 0 Å². The van der Waals surface area contributed by atoms with Gasteiger partial charge in [0.25, 0.3) is 0 Å². The van der Waals surface area contributed by atoms with Crippen LogP contribution < -0.4 is 10.6 Å². The van der Waals surface area contributed by atoms with Gasteiger partial charge in [-0.2, -0.15) is 0 Å². The SMILES string of the molecule is Cc1ccc(NC(=O)C2C3C=CC4(O3)C2C(=O)N(C2CCCCCCC2)C4C(=O)NC2CCCC(C)C2C)cc1C. The Balaban J connectivity index is 1.32. The number of nitrogens with zero attached hydrogens (tertiary/aromatic N) is 1. The molecule has 2 bridgehead atoms. The van der Waals surface area contributed by atoms with Gasteiger partial charge in [0.15, 0.2) is 0 Å². The minimum absolute atomic E-state index is 0.0132. The van der Waals surface area contributed by atoms with Gasteiger partial charge in [0, 0.05) is 17.8 Å². The molecule has 3 aliphatic heterocycles. The number of fused-ring (bicyclic) bond motifs is 1. The van der Waals surface area contributed by atoms with Crippen LogP contribution in [0.5, 0.6) is 0 Å². The van der Waals surface area contributed by atoms with E-state index in [0.717, 1.165) is 68.2 Å². The first-order valence-electron chi connectivity index (χ1n) is 16.1. The zero-order valence-electron chi connectivity index (χ0n) is 25.2. The van der Waals surface area contributed by atoms with Crippen LogP contribution >= 0.6 is 0 Å². The van der Waals surface area contributed by atoms with E-state index < -0.39 is 29.6 Å². The number of ether oxygens (including phenoxy) is 1. The fourth-order valence-electron chi connectivity index (χ4n) is 8.40. The van der Waals surface area contributed by atoms with Gasteiger partial charge < -0.3 is 20.3 Å². The first-order chi connectivity index (χ1) is 19.7. The molecule has 1 aromatic carbocycles. The average Bonchev–Trinajstić information content (AvgIpc) is 3.56. The van der Waals surface area contributed by atoms with Gasteiger partial charge in [-0.15, -0.1) is 0 Å². The molecule has 5 aliphatic rings. The van der Waals surface area contributed by atoms with E-state index in [1.165, 1.54) is 12.8 Å². The minimum Gasteiger partial charge on any atom is -0.359 e. The number of carbonyl (C=O) groups is 3. The number of rotatable bonds is 5. The number of hydrogen-bond donors (Lipinski definition) is 2. The quantitative estimate of drug-likeness (QED) is 0.468. The summed E-state index contributed by atoms with van der Waals surface area (Å²) in [7, 11) is 0. The highest BCUT2D eigenvalue weighted by Crippen LogP contribution is 2.56. The van der Waals surface area contributed by atoms with Gasteiger partial charge in [-0.1, -0.05) is 77.0 Å². The molecule has 0 radical (unpaired) electrons. The smallest absolute Gasteiger partial charge is 0.246 e. The van der Waals surface area contributed by atoms with E-state index in [9.17, 15) is 14.4 Å². The highest BCUT2D eigenvalue weighted by atomic mass is 16.5. The van der Waals surface area contributed by atoms with Crippen molar-refractivity contribution in [3.63, 3.8) is 0 Å². The third kappa shape index (κ3) is 4.92. The summed E-state index contributed by atoms with van der Waals surface area (Å²) in [5.41, 5.74) is 1.86. The molecule has 1 spiro atoms. The molecule has 41 heavy (non-hydrogen) atoms. The lowest BCUT2D eigenvalue weighted by molar-refractivity contribution is -0.144. The van der Waals surface area contributed by atoms with Crippen molar-refractivity contribution in [2.45, 2.75) is 122 Å². The molecular formula is C34H47N3O4. The molecule has 2 N–H and O–H groups in total. The summed E-state index contributed by atoms with van der Waals surface area (Å²) >= 11 is 0. The van der Waals surface area contributed by atoms with Crippen molar-refractivity contribution in [3.8, 4) is 0 Å². The number of aryl methyl sites for hydroxylation is 2. The van der Waals surface area contributed by atoms with Crippen LogP contribution in [0.4, 0.5) is 5.69 Å². The Bertz CT molecular complexity index is 1220. The van der Waals surface area contributed by atoms with Crippen LogP contribution in [-0.4, -0.2) is 52.5 Å². The van der Waals surface area contributed by atoms with Crippen LogP contribution in [0.1, 0.15) is 89.2 Å². The summed E-state index contributed by atoms with van der Waals surface area (Å²) in [5.74, 6) is -0.868. The molecule has 8 unspecified atom stereocenters. The molecule has 0 aromatic heterocycles. The summed E-state index contributed by atoms with van der Waals surface area (Å²) < 4.78 is 6.62. The van der Waals surface area contributed by atoms with Crippen molar-refractivity contribution in [1.82, 2.24) is 10.2 Å². The fraction of sp³-hybridized carbons (Fsp3) is 0.676. The number of hydrogen-bond acceptors (Lipinski definition) is 4. The molecule has 2 saturated heterocycles. The van der Waals surface area contributed by atoms with Crippen LogP contribution in [-0.2, 0) is 19.1 Å². The van der Waals surface area contributed by atoms with Gasteiger partial charge in [-0.3, -0.25) is 14.4 Å². The van der Waals surface area contributed by atoms with Gasteiger partial charge in [0.05, 0.1) is 17.9 Å². The standard InChI is InChI=1S/C34H47N3O4/c1-20-15-16-24(19-22(20)3)35-31(38)28-27-17-18-34(41-27)29(28)33(40)37(25-12-8-6-5-7-9-13-25)30(34)32(39)36-26-14-10-11-21(2)23(26)4/h15-19,21,23,25-30H,5-14H2,1-4H3,(H,35,38)(H,36,39). The molecule has 3 amide bonds. The first kappa shape index (κ1) is 28.4. The highest BCUT2D eigenvalue weighted by molar-refractivity contribution is 6.03. The molecule has 222 valence electrons. The second-order valence-electron chi connectivity index (χ2n) is 13.6. The van der Waals surface area contributed by atoms with Crippen LogP contribution in [0.2, 0.25) is 0 Å². The Kier molecular flexibility index (Phi) is 7.77. The normalized spacial score (nSPS) is 37.0. The molecule has 8 atom stereocenters. The molecule has 7 heteroatoms. The van der Waals surface area contributed by atoms with Crippen molar-refractivity contribution < 1.29 is 19.1 Å². The molecule has 2 saturated carbocycles. The predicted molar refractivity (Wildman–Crippen MR) is 159 cm³/mol. The van der Waals surface area contributed by atoms with Crippen molar-refractivity contribution in [2.75, 3.05) is 5.32 Å². The number of nitrogens with one attached hydrogen (secondary N) is 2. The van der Waals surface area contributed by atoms with Crippen molar-refractivity contribution >= 4 is 23.4 Å². The number of carbonyl (C=O) groups excluding carboxylic acids is 3.